The first kappa shape index (κ1) is 13.8. The molecule has 2 rings (SSSR count). The molecule has 0 aliphatic rings. The van der Waals surface area contributed by atoms with Gasteiger partial charge in [-0.1, -0.05) is 29.8 Å². The molecular weight excluding hydrogens is 274 g/mol. The molecule has 2 aromatic carbocycles. The fraction of sp³-hybridized carbons (Fsp3) is 0.143. The Balaban J connectivity index is 2.19. The summed E-state index contributed by atoms with van der Waals surface area (Å²) in [7, 11) is 0. The third kappa shape index (κ3) is 3.03. The first-order chi connectivity index (χ1) is 9.13. The lowest BCUT2D eigenvalue weighted by molar-refractivity contribution is 0.256. The van der Waals surface area contributed by atoms with Crippen LogP contribution in [0.25, 0.3) is 0 Å². The van der Waals surface area contributed by atoms with E-state index in [9.17, 15) is 13.9 Å². The van der Waals surface area contributed by atoms with Crippen LogP contribution in [0.3, 0.4) is 0 Å². The van der Waals surface area contributed by atoms with Gasteiger partial charge in [-0.25, -0.2) is 8.78 Å². The predicted molar refractivity (Wildman–Crippen MR) is 68.1 cm³/mol. The molecule has 0 saturated carbocycles. The van der Waals surface area contributed by atoms with E-state index >= 15 is 0 Å². The van der Waals surface area contributed by atoms with Gasteiger partial charge in [0.2, 0.25) is 0 Å². The molecule has 100 valence electrons. The van der Waals surface area contributed by atoms with Crippen LogP contribution >= 0.6 is 11.6 Å². The normalized spacial score (nSPS) is 10.5. The van der Waals surface area contributed by atoms with Gasteiger partial charge in [-0.3, -0.25) is 0 Å². The van der Waals surface area contributed by atoms with Gasteiger partial charge in [0.1, 0.15) is 12.4 Å². The highest BCUT2D eigenvalue weighted by molar-refractivity contribution is 6.31. The van der Waals surface area contributed by atoms with Gasteiger partial charge in [0.15, 0.2) is 11.6 Å². The van der Waals surface area contributed by atoms with Crippen molar-refractivity contribution in [2.75, 3.05) is 0 Å². The van der Waals surface area contributed by atoms with Crippen molar-refractivity contribution < 1.29 is 18.6 Å². The molecule has 0 saturated heterocycles. The maximum Gasteiger partial charge on any atom is 0.165 e. The highest BCUT2D eigenvalue weighted by Gasteiger charge is 2.11. The standard InChI is InChI=1S/C14H11ClF2O2/c15-11-4-2-6-13(10(11)7-18)19-8-9-3-1-5-12(16)14(9)17/h1-6,18H,7-8H2. The summed E-state index contributed by atoms with van der Waals surface area (Å²) < 4.78 is 31.8. The molecule has 1 N–H and O–H groups in total. The van der Waals surface area contributed by atoms with E-state index in [1.165, 1.54) is 12.1 Å². The van der Waals surface area contributed by atoms with Crippen molar-refractivity contribution in [3.8, 4) is 5.75 Å². The third-order valence-corrected chi connectivity index (χ3v) is 3.00. The van der Waals surface area contributed by atoms with Crippen LogP contribution in [0.15, 0.2) is 36.4 Å². The van der Waals surface area contributed by atoms with Crippen molar-refractivity contribution in [1.82, 2.24) is 0 Å². The fourth-order valence-corrected chi connectivity index (χ4v) is 1.87. The van der Waals surface area contributed by atoms with E-state index in [-0.39, 0.29) is 18.8 Å². The van der Waals surface area contributed by atoms with Crippen molar-refractivity contribution in [1.29, 1.82) is 0 Å². The molecule has 0 heterocycles. The molecule has 0 fully saturated rings. The minimum atomic E-state index is -0.935. The Morgan fingerprint density at radius 1 is 1.11 bits per heavy atom. The molecule has 19 heavy (non-hydrogen) atoms. The highest BCUT2D eigenvalue weighted by atomic mass is 35.5. The molecule has 0 unspecified atom stereocenters. The second-order valence-corrected chi connectivity index (χ2v) is 4.28. The van der Waals surface area contributed by atoms with E-state index in [0.29, 0.717) is 16.3 Å². The molecule has 0 amide bonds. The third-order valence-electron chi connectivity index (χ3n) is 2.65. The van der Waals surface area contributed by atoms with Gasteiger partial charge in [-0.15, -0.1) is 0 Å². The van der Waals surface area contributed by atoms with E-state index < -0.39 is 11.6 Å². The summed E-state index contributed by atoms with van der Waals surface area (Å²) in [6, 6.07) is 8.75. The van der Waals surface area contributed by atoms with Crippen LogP contribution in [0.1, 0.15) is 11.1 Å². The predicted octanol–water partition coefficient (Wildman–Crippen LogP) is 3.69. The maximum atomic E-state index is 13.4. The molecule has 0 aromatic heterocycles. The topological polar surface area (TPSA) is 29.5 Å². The Labute approximate surface area is 114 Å². The molecule has 2 nitrogen and oxygen atoms in total. The lowest BCUT2D eigenvalue weighted by Gasteiger charge is -2.11. The van der Waals surface area contributed by atoms with Crippen LogP contribution in [0, 0.1) is 11.6 Å². The quantitative estimate of drug-likeness (QED) is 0.928. The summed E-state index contributed by atoms with van der Waals surface area (Å²) >= 11 is 5.89. The summed E-state index contributed by atoms with van der Waals surface area (Å²) in [5.74, 6) is -1.51. The monoisotopic (exact) mass is 284 g/mol. The van der Waals surface area contributed by atoms with Gasteiger partial charge in [-0.2, -0.15) is 0 Å². The summed E-state index contributed by atoms with van der Waals surface area (Å²) in [5, 5.41) is 9.56. The second kappa shape index (κ2) is 5.99. The Morgan fingerprint density at radius 2 is 1.84 bits per heavy atom. The van der Waals surface area contributed by atoms with Crippen LogP contribution < -0.4 is 4.74 Å². The van der Waals surface area contributed by atoms with E-state index in [4.69, 9.17) is 16.3 Å². The van der Waals surface area contributed by atoms with Gasteiger partial charge < -0.3 is 9.84 Å². The molecule has 0 bridgehead atoms. The first-order valence-electron chi connectivity index (χ1n) is 5.57. The summed E-state index contributed by atoms with van der Waals surface area (Å²) in [4.78, 5) is 0. The van der Waals surface area contributed by atoms with Gasteiger partial charge in [-0.05, 0) is 18.2 Å². The smallest absolute Gasteiger partial charge is 0.165 e. The van der Waals surface area contributed by atoms with Gasteiger partial charge in [0.25, 0.3) is 0 Å². The summed E-state index contributed by atoms with van der Waals surface area (Å²) in [6.07, 6.45) is 0. The lowest BCUT2D eigenvalue weighted by atomic mass is 10.2. The Morgan fingerprint density at radius 3 is 2.58 bits per heavy atom. The number of rotatable bonds is 4. The molecule has 0 radical (unpaired) electrons. The van der Waals surface area contributed by atoms with Crippen LogP contribution in [0.4, 0.5) is 8.78 Å². The zero-order valence-corrected chi connectivity index (χ0v) is 10.6. The van der Waals surface area contributed by atoms with E-state index in [1.54, 1.807) is 18.2 Å². The van der Waals surface area contributed by atoms with Crippen molar-refractivity contribution in [2.45, 2.75) is 13.2 Å². The highest BCUT2D eigenvalue weighted by Crippen LogP contribution is 2.27. The minimum absolute atomic E-state index is 0.101. The number of hydrogen-bond donors (Lipinski definition) is 1. The average Bonchev–Trinajstić information content (AvgIpc) is 2.40. The van der Waals surface area contributed by atoms with E-state index in [0.717, 1.165) is 6.07 Å². The molecule has 5 heteroatoms. The van der Waals surface area contributed by atoms with Crippen LogP contribution in [-0.4, -0.2) is 5.11 Å². The second-order valence-electron chi connectivity index (χ2n) is 3.88. The van der Waals surface area contributed by atoms with Crippen LogP contribution in [0.5, 0.6) is 5.75 Å². The van der Waals surface area contributed by atoms with E-state index in [1.807, 2.05) is 0 Å². The number of ether oxygens (including phenoxy) is 1. The minimum Gasteiger partial charge on any atom is -0.488 e. The van der Waals surface area contributed by atoms with Gasteiger partial charge in [0.05, 0.1) is 6.61 Å². The number of aliphatic hydroxyl groups excluding tert-OH is 1. The summed E-state index contributed by atoms with van der Waals surface area (Å²) in [5.41, 5.74) is 0.518. The molecule has 0 aliphatic heterocycles. The Bertz CT molecular complexity index is 588. The number of halogens is 3. The number of hydrogen-bond acceptors (Lipinski definition) is 2. The average molecular weight is 285 g/mol. The first-order valence-corrected chi connectivity index (χ1v) is 5.95. The Kier molecular flexibility index (Phi) is 4.35. The lowest BCUT2D eigenvalue weighted by Crippen LogP contribution is -2.02. The SMILES string of the molecule is OCc1c(Cl)cccc1OCc1cccc(F)c1F. The van der Waals surface area contributed by atoms with Crippen molar-refractivity contribution in [2.24, 2.45) is 0 Å². The van der Waals surface area contributed by atoms with Crippen LogP contribution in [-0.2, 0) is 13.2 Å². The summed E-state index contributed by atoms with van der Waals surface area (Å²) in [6.45, 7) is -0.433. The van der Waals surface area contributed by atoms with Gasteiger partial charge in [0, 0.05) is 16.1 Å². The number of aliphatic hydroxyl groups is 1. The molecule has 2 aromatic rings. The number of benzene rings is 2. The molecular formula is C14H11ClF2O2. The van der Waals surface area contributed by atoms with Crippen LogP contribution in [0.2, 0.25) is 5.02 Å². The largest absolute Gasteiger partial charge is 0.488 e. The zero-order chi connectivity index (χ0) is 13.8. The van der Waals surface area contributed by atoms with E-state index in [2.05, 4.69) is 0 Å². The molecule has 0 atom stereocenters. The van der Waals surface area contributed by atoms with Crippen molar-refractivity contribution >= 4 is 11.6 Å². The van der Waals surface area contributed by atoms with Gasteiger partial charge >= 0.3 is 0 Å². The maximum absolute atomic E-state index is 13.4. The molecule has 0 aliphatic carbocycles. The molecule has 0 spiro atoms. The zero-order valence-electron chi connectivity index (χ0n) is 9.87. The van der Waals surface area contributed by atoms with Crippen molar-refractivity contribution in [3.63, 3.8) is 0 Å². The Hall–Kier alpha value is -1.65. The fourth-order valence-electron chi connectivity index (χ4n) is 1.64. The van der Waals surface area contributed by atoms with Crippen molar-refractivity contribution in [3.05, 3.63) is 64.2 Å².